The minimum atomic E-state index is -0.579. The number of hydrogen-bond acceptors (Lipinski definition) is 3. The van der Waals surface area contributed by atoms with Crippen LogP contribution in [0.4, 0.5) is 4.79 Å². The molecule has 1 aromatic carbocycles. The second-order valence-electron chi connectivity index (χ2n) is 4.58. The van der Waals surface area contributed by atoms with Crippen LogP contribution in [0.2, 0.25) is 0 Å². The van der Waals surface area contributed by atoms with Gasteiger partial charge in [0, 0.05) is 18.3 Å². The van der Waals surface area contributed by atoms with Gasteiger partial charge < -0.3 is 5.32 Å². The van der Waals surface area contributed by atoms with Crippen molar-refractivity contribution in [3.8, 4) is 0 Å². The van der Waals surface area contributed by atoms with Gasteiger partial charge in [0.2, 0.25) is 0 Å². The monoisotopic (exact) mass is 255 g/mol. The van der Waals surface area contributed by atoms with Gasteiger partial charge >= 0.3 is 6.03 Å². The number of allylic oxidation sites excluding steroid dienone is 1. The predicted molar refractivity (Wildman–Crippen MR) is 70.8 cm³/mol. The van der Waals surface area contributed by atoms with Gasteiger partial charge in [0.05, 0.1) is 0 Å². The van der Waals surface area contributed by atoms with Crippen molar-refractivity contribution < 1.29 is 9.59 Å². The van der Waals surface area contributed by atoms with Crippen LogP contribution in [0.25, 0.3) is 0 Å². The largest absolute Gasteiger partial charge is 0.322 e. The summed E-state index contributed by atoms with van der Waals surface area (Å²) in [5.74, 6) is 0.0287. The molecule has 1 unspecified atom stereocenters. The minimum Gasteiger partial charge on any atom is -0.322 e. The number of rotatable bonds is 2. The third-order valence-electron chi connectivity index (χ3n) is 3.34. The number of amides is 3. The number of nitrogens with one attached hydrogen (secondary N) is 2. The molecule has 2 aliphatic heterocycles. The SMILES string of the molecule is O=C1NC(=O)[C@H](c2ccc(C3C=CN=CC3)cc2)N1. The van der Waals surface area contributed by atoms with Crippen LogP contribution < -0.4 is 10.6 Å². The van der Waals surface area contributed by atoms with E-state index in [-0.39, 0.29) is 5.91 Å². The van der Waals surface area contributed by atoms with Crippen molar-refractivity contribution >= 4 is 18.2 Å². The Morgan fingerprint density at radius 2 is 1.84 bits per heavy atom. The maximum atomic E-state index is 11.5. The summed E-state index contributed by atoms with van der Waals surface area (Å²) in [5.41, 5.74) is 1.97. The Morgan fingerprint density at radius 3 is 2.42 bits per heavy atom. The Kier molecular flexibility index (Phi) is 2.87. The van der Waals surface area contributed by atoms with Gasteiger partial charge in [-0.3, -0.25) is 15.1 Å². The number of urea groups is 1. The summed E-state index contributed by atoms with van der Waals surface area (Å²) in [6.07, 6.45) is 6.63. The van der Waals surface area contributed by atoms with E-state index < -0.39 is 12.1 Å². The standard InChI is InChI=1S/C14H13N3O2/c18-13-12(16-14(19)17-13)11-3-1-9(2-4-11)10-5-7-15-8-6-10/h1-5,7-8,10,12H,6H2,(H2,16,17,18,19)/t10?,12-/m0/s1. The van der Waals surface area contributed by atoms with E-state index in [2.05, 4.69) is 21.7 Å². The van der Waals surface area contributed by atoms with Crippen molar-refractivity contribution in [1.29, 1.82) is 0 Å². The summed E-state index contributed by atoms with van der Waals surface area (Å²) in [6, 6.07) is 6.72. The highest BCUT2D eigenvalue weighted by Crippen LogP contribution is 2.25. The Morgan fingerprint density at radius 1 is 1.11 bits per heavy atom. The van der Waals surface area contributed by atoms with Gasteiger partial charge in [-0.25, -0.2) is 4.79 Å². The molecule has 96 valence electrons. The smallest absolute Gasteiger partial charge is 0.322 e. The summed E-state index contributed by atoms with van der Waals surface area (Å²) in [7, 11) is 0. The van der Waals surface area contributed by atoms with Gasteiger partial charge in [0.1, 0.15) is 6.04 Å². The lowest BCUT2D eigenvalue weighted by Crippen LogP contribution is -2.22. The first-order valence-electron chi connectivity index (χ1n) is 6.13. The van der Waals surface area contributed by atoms with Crippen molar-refractivity contribution in [2.75, 3.05) is 0 Å². The molecule has 5 heteroatoms. The topological polar surface area (TPSA) is 70.6 Å². The van der Waals surface area contributed by atoms with Gasteiger partial charge in [-0.2, -0.15) is 0 Å². The third-order valence-corrected chi connectivity index (χ3v) is 3.34. The molecule has 1 saturated heterocycles. The first-order chi connectivity index (χ1) is 9.24. The fourth-order valence-electron chi connectivity index (χ4n) is 2.30. The quantitative estimate of drug-likeness (QED) is 0.789. The van der Waals surface area contributed by atoms with Crippen LogP contribution >= 0.6 is 0 Å². The summed E-state index contributed by atoms with van der Waals surface area (Å²) in [6.45, 7) is 0. The van der Waals surface area contributed by atoms with Gasteiger partial charge in [0.15, 0.2) is 0 Å². The number of imide groups is 1. The van der Waals surface area contributed by atoms with Crippen LogP contribution in [-0.2, 0) is 4.79 Å². The fourth-order valence-corrected chi connectivity index (χ4v) is 2.30. The molecule has 0 aromatic heterocycles. The zero-order valence-electron chi connectivity index (χ0n) is 10.2. The Labute approximate surface area is 110 Å². The van der Waals surface area contributed by atoms with Crippen molar-refractivity contribution in [3.63, 3.8) is 0 Å². The predicted octanol–water partition coefficient (Wildman–Crippen LogP) is 1.64. The molecule has 1 aromatic rings. The number of hydrogen-bond donors (Lipinski definition) is 2. The summed E-state index contributed by atoms with van der Waals surface area (Å²) >= 11 is 0. The average Bonchev–Trinajstić information content (AvgIpc) is 2.79. The van der Waals surface area contributed by atoms with Crippen molar-refractivity contribution in [2.24, 2.45) is 4.99 Å². The number of carbonyl (C=O) groups is 2. The molecular weight excluding hydrogens is 242 g/mol. The molecule has 2 N–H and O–H groups in total. The lowest BCUT2D eigenvalue weighted by atomic mass is 9.93. The molecule has 0 spiro atoms. The van der Waals surface area contributed by atoms with E-state index in [9.17, 15) is 9.59 Å². The number of benzene rings is 1. The van der Waals surface area contributed by atoms with E-state index in [1.165, 1.54) is 5.56 Å². The number of carbonyl (C=O) groups excluding carboxylic acids is 2. The highest BCUT2D eigenvalue weighted by Gasteiger charge is 2.30. The van der Waals surface area contributed by atoms with Crippen LogP contribution in [0.15, 0.2) is 41.5 Å². The first-order valence-corrected chi connectivity index (χ1v) is 6.13. The molecule has 3 rings (SSSR count). The van der Waals surface area contributed by atoms with E-state index in [0.29, 0.717) is 5.92 Å². The van der Waals surface area contributed by atoms with Gasteiger partial charge in [-0.05, 0) is 17.5 Å². The second kappa shape index (κ2) is 4.68. The molecule has 0 radical (unpaired) electrons. The highest BCUT2D eigenvalue weighted by molar-refractivity contribution is 6.04. The molecule has 2 atom stereocenters. The van der Waals surface area contributed by atoms with E-state index >= 15 is 0 Å². The van der Waals surface area contributed by atoms with E-state index in [1.54, 1.807) is 6.20 Å². The van der Waals surface area contributed by atoms with Gasteiger partial charge in [0.25, 0.3) is 5.91 Å². The number of nitrogens with zero attached hydrogens (tertiary/aromatic N) is 1. The molecule has 5 nitrogen and oxygen atoms in total. The van der Waals surface area contributed by atoms with Crippen molar-refractivity contribution in [3.05, 3.63) is 47.7 Å². The summed E-state index contributed by atoms with van der Waals surface area (Å²) in [5, 5.41) is 4.81. The van der Waals surface area contributed by atoms with E-state index in [1.807, 2.05) is 30.5 Å². The Balaban J connectivity index is 1.79. The van der Waals surface area contributed by atoms with Gasteiger partial charge in [-0.15, -0.1) is 0 Å². The molecule has 2 aliphatic rings. The van der Waals surface area contributed by atoms with Crippen LogP contribution in [0.1, 0.15) is 29.5 Å². The molecular formula is C14H13N3O2. The number of aliphatic imine (C=N–C) groups is 1. The minimum absolute atomic E-state index is 0.303. The van der Waals surface area contributed by atoms with E-state index in [4.69, 9.17) is 0 Å². The van der Waals surface area contributed by atoms with Crippen LogP contribution in [0, 0.1) is 0 Å². The molecule has 19 heavy (non-hydrogen) atoms. The fraction of sp³-hybridized carbons (Fsp3) is 0.214. The lowest BCUT2D eigenvalue weighted by molar-refractivity contribution is -0.120. The Hall–Kier alpha value is -2.43. The lowest BCUT2D eigenvalue weighted by Gasteiger charge is -2.14. The first kappa shape index (κ1) is 11.6. The van der Waals surface area contributed by atoms with Gasteiger partial charge in [-0.1, -0.05) is 30.3 Å². The normalized spacial score (nSPS) is 25.3. The Bertz CT molecular complexity index is 575. The van der Waals surface area contributed by atoms with Crippen LogP contribution in [0.3, 0.4) is 0 Å². The maximum Gasteiger partial charge on any atom is 0.322 e. The zero-order valence-corrected chi connectivity index (χ0v) is 10.2. The van der Waals surface area contributed by atoms with Crippen molar-refractivity contribution in [2.45, 2.75) is 18.4 Å². The third kappa shape index (κ3) is 2.27. The van der Waals surface area contributed by atoms with Crippen LogP contribution in [-0.4, -0.2) is 18.2 Å². The molecule has 0 bridgehead atoms. The highest BCUT2D eigenvalue weighted by atomic mass is 16.2. The molecule has 2 heterocycles. The van der Waals surface area contributed by atoms with Crippen molar-refractivity contribution in [1.82, 2.24) is 10.6 Å². The second-order valence-corrected chi connectivity index (χ2v) is 4.58. The maximum absolute atomic E-state index is 11.5. The average molecular weight is 255 g/mol. The molecule has 0 saturated carbocycles. The zero-order chi connectivity index (χ0) is 13.2. The van der Waals surface area contributed by atoms with E-state index in [0.717, 1.165) is 12.0 Å². The van der Waals surface area contributed by atoms with Crippen LogP contribution in [0.5, 0.6) is 0 Å². The molecule has 0 aliphatic carbocycles. The summed E-state index contributed by atoms with van der Waals surface area (Å²) in [4.78, 5) is 26.7. The summed E-state index contributed by atoms with van der Waals surface area (Å²) < 4.78 is 0. The molecule has 1 fully saturated rings. The molecule has 3 amide bonds.